The minimum Gasteiger partial charge on any atom is -0.476 e. The molecule has 1 heterocycles. The molecule has 5 rings (SSSR count). The molecule has 0 unspecified atom stereocenters. The molecule has 3 aromatic rings. The lowest BCUT2D eigenvalue weighted by Gasteiger charge is -2.32. The second kappa shape index (κ2) is 14.9. The van der Waals surface area contributed by atoms with Crippen LogP contribution in [0.2, 0.25) is 0 Å². The molecule has 11 nitrogen and oxygen atoms in total. The second-order valence-corrected chi connectivity index (χ2v) is 13.2. The van der Waals surface area contributed by atoms with Crippen LogP contribution in [0.25, 0.3) is 0 Å². The Morgan fingerprint density at radius 2 is 1.34 bits per heavy atom. The first-order valence-corrected chi connectivity index (χ1v) is 16.9. The van der Waals surface area contributed by atoms with E-state index in [1.165, 1.54) is 0 Å². The molecular formula is C32H40N4O7S. The van der Waals surface area contributed by atoms with Gasteiger partial charge < -0.3 is 19.9 Å². The molecule has 0 bridgehead atoms. The lowest BCUT2D eigenvalue weighted by Crippen LogP contribution is -2.48. The summed E-state index contributed by atoms with van der Waals surface area (Å²) in [5.41, 5.74) is 1.47. The fraction of sp³-hybridized carbons (Fsp3) is 0.469. The Morgan fingerprint density at radius 3 is 1.91 bits per heavy atom. The van der Waals surface area contributed by atoms with Gasteiger partial charge in [-0.25, -0.2) is 22.6 Å². The van der Waals surface area contributed by atoms with E-state index in [2.05, 4.69) is 15.1 Å². The van der Waals surface area contributed by atoms with Crippen molar-refractivity contribution >= 4 is 21.9 Å². The van der Waals surface area contributed by atoms with Crippen LogP contribution < -0.4 is 10.0 Å². The van der Waals surface area contributed by atoms with Gasteiger partial charge in [0.15, 0.2) is 11.6 Å². The summed E-state index contributed by atoms with van der Waals surface area (Å²) in [5, 5.41) is 16.5. The number of aromatic carboxylic acids is 1. The topological polar surface area (TPSA) is 149 Å². The maximum absolute atomic E-state index is 13.5. The largest absolute Gasteiger partial charge is 0.476 e. The predicted molar refractivity (Wildman–Crippen MR) is 163 cm³/mol. The minimum absolute atomic E-state index is 0.138. The average Bonchev–Trinajstić information content (AvgIpc) is 3.44. The maximum Gasteiger partial charge on any atom is 0.356 e. The first-order chi connectivity index (χ1) is 21.3. The number of rotatable bonds is 13. The van der Waals surface area contributed by atoms with Crippen LogP contribution in [0.15, 0.2) is 66.7 Å². The first-order valence-electron chi connectivity index (χ1n) is 15.2. The molecule has 1 amide bonds. The number of ether oxygens (including phenoxy) is 2. The van der Waals surface area contributed by atoms with Gasteiger partial charge in [0.2, 0.25) is 10.0 Å². The number of carbonyl (C=O) groups excluding carboxylic acids is 1. The van der Waals surface area contributed by atoms with E-state index in [1.807, 2.05) is 60.7 Å². The van der Waals surface area contributed by atoms with E-state index >= 15 is 0 Å². The molecule has 3 N–H and O–H groups in total. The summed E-state index contributed by atoms with van der Waals surface area (Å²) in [6.07, 6.45) is 5.90. The number of amides is 1. The van der Waals surface area contributed by atoms with Gasteiger partial charge in [-0.2, -0.15) is 5.10 Å². The lowest BCUT2D eigenvalue weighted by molar-refractivity contribution is -0.00471. The summed E-state index contributed by atoms with van der Waals surface area (Å²) in [6, 6.07) is 19.8. The van der Waals surface area contributed by atoms with Crippen molar-refractivity contribution in [3.63, 3.8) is 0 Å². The Balaban J connectivity index is 1.25. The van der Waals surface area contributed by atoms with Crippen LogP contribution in [0.1, 0.15) is 83.5 Å². The predicted octanol–water partition coefficient (Wildman–Crippen LogP) is 4.24. The standard InChI is InChI=1S/C32H40N4O7S/c37-31(33-25-15-7-9-17-29(25)42-20-23-11-3-1-4-12-23)28-19-27(32(38)39)34-36(28)22-44(40,41)35-26-16-8-10-18-30(26)43-21-24-13-5-2-6-14-24/h1-6,11-14,19,25-26,29-30,35H,7-10,15-18,20-22H2,(H,33,37)(H,38,39)/t25-,26-,29-,30-/m0/s1. The van der Waals surface area contributed by atoms with Gasteiger partial charge >= 0.3 is 5.97 Å². The monoisotopic (exact) mass is 624 g/mol. The number of nitrogens with one attached hydrogen (secondary N) is 2. The Labute approximate surface area is 258 Å². The van der Waals surface area contributed by atoms with Crippen molar-refractivity contribution in [1.29, 1.82) is 0 Å². The van der Waals surface area contributed by atoms with E-state index in [0.717, 1.165) is 54.0 Å². The molecule has 44 heavy (non-hydrogen) atoms. The third kappa shape index (κ3) is 8.75. The Bertz CT molecular complexity index is 1500. The van der Waals surface area contributed by atoms with Crippen molar-refractivity contribution in [2.75, 3.05) is 0 Å². The van der Waals surface area contributed by atoms with E-state index in [4.69, 9.17) is 9.47 Å². The highest BCUT2D eigenvalue weighted by Gasteiger charge is 2.33. The molecule has 12 heteroatoms. The van der Waals surface area contributed by atoms with Crippen molar-refractivity contribution in [1.82, 2.24) is 19.8 Å². The Morgan fingerprint density at radius 1 is 0.818 bits per heavy atom. The highest BCUT2D eigenvalue weighted by atomic mass is 32.2. The van der Waals surface area contributed by atoms with Gasteiger partial charge in [-0.15, -0.1) is 0 Å². The van der Waals surface area contributed by atoms with E-state index in [9.17, 15) is 23.1 Å². The highest BCUT2D eigenvalue weighted by molar-refractivity contribution is 7.88. The summed E-state index contributed by atoms with van der Waals surface area (Å²) in [4.78, 5) is 25.2. The van der Waals surface area contributed by atoms with Crippen LogP contribution in [-0.2, 0) is 38.6 Å². The van der Waals surface area contributed by atoms with Crippen LogP contribution >= 0.6 is 0 Å². The van der Waals surface area contributed by atoms with Gasteiger partial charge in [-0.05, 0) is 36.8 Å². The van der Waals surface area contributed by atoms with Crippen LogP contribution in [0.3, 0.4) is 0 Å². The number of carboxylic acid groups (broad SMARTS) is 1. The number of aromatic nitrogens is 2. The van der Waals surface area contributed by atoms with Gasteiger partial charge in [0, 0.05) is 12.1 Å². The Kier molecular flexibility index (Phi) is 10.8. The van der Waals surface area contributed by atoms with Gasteiger partial charge in [0.05, 0.1) is 31.5 Å². The zero-order valence-corrected chi connectivity index (χ0v) is 25.5. The van der Waals surface area contributed by atoms with Gasteiger partial charge in [-0.1, -0.05) is 86.3 Å². The van der Waals surface area contributed by atoms with Gasteiger partial charge in [-0.3, -0.25) is 4.79 Å². The number of benzene rings is 2. The van der Waals surface area contributed by atoms with E-state index < -0.39 is 39.5 Å². The van der Waals surface area contributed by atoms with Gasteiger partial charge in [0.25, 0.3) is 5.91 Å². The van der Waals surface area contributed by atoms with Crippen LogP contribution in [0.4, 0.5) is 0 Å². The summed E-state index contributed by atoms with van der Waals surface area (Å²) < 4.78 is 42.7. The summed E-state index contributed by atoms with van der Waals surface area (Å²) in [6.45, 7) is 0.770. The molecule has 0 spiro atoms. The van der Waals surface area contributed by atoms with Crippen LogP contribution in [0, 0.1) is 0 Å². The number of hydrogen-bond acceptors (Lipinski definition) is 7. The van der Waals surface area contributed by atoms with Crippen molar-refractivity contribution in [2.45, 2.75) is 94.7 Å². The second-order valence-electron chi connectivity index (χ2n) is 11.5. The molecule has 0 saturated heterocycles. The fourth-order valence-corrected chi connectivity index (χ4v) is 7.25. The number of hydrogen-bond donors (Lipinski definition) is 3. The zero-order valence-electron chi connectivity index (χ0n) is 24.6. The van der Waals surface area contributed by atoms with Crippen molar-refractivity contribution < 1.29 is 32.6 Å². The van der Waals surface area contributed by atoms with E-state index in [-0.39, 0.29) is 23.9 Å². The molecule has 2 saturated carbocycles. The first kappa shape index (κ1) is 31.8. The Hall–Kier alpha value is -3.58. The molecule has 0 radical (unpaired) electrons. The van der Waals surface area contributed by atoms with Crippen LogP contribution in [0.5, 0.6) is 0 Å². The van der Waals surface area contributed by atoms with Crippen molar-refractivity contribution in [2.24, 2.45) is 0 Å². The SMILES string of the molecule is O=C(O)c1cc(C(=O)N[C@H]2CCCC[C@@H]2OCc2ccccc2)n(CS(=O)(=O)N[C@H]2CCCC[C@@H]2OCc2ccccc2)n1. The number of sulfonamides is 1. The molecule has 2 aliphatic rings. The molecule has 4 atom stereocenters. The molecule has 2 aromatic carbocycles. The van der Waals surface area contributed by atoms with Crippen molar-refractivity contribution in [3.05, 3.63) is 89.2 Å². The number of carbonyl (C=O) groups is 2. The quantitative estimate of drug-likeness (QED) is 0.256. The molecule has 236 valence electrons. The molecule has 2 fully saturated rings. The third-order valence-corrected chi connectivity index (χ3v) is 9.44. The lowest BCUT2D eigenvalue weighted by atomic mass is 9.92. The third-order valence-electron chi connectivity index (χ3n) is 8.19. The van der Waals surface area contributed by atoms with Crippen LogP contribution in [-0.4, -0.2) is 59.5 Å². The van der Waals surface area contributed by atoms with E-state index in [0.29, 0.717) is 32.5 Å². The molecule has 2 aliphatic carbocycles. The smallest absolute Gasteiger partial charge is 0.356 e. The molecule has 1 aromatic heterocycles. The average molecular weight is 625 g/mol. The van der Waals surface area contributed by atoms with Gasteiger partial charge in [0.1, 0.15) is 5.69 Å². The normalized spacial score (nSPS) is 22.4. The zero-order chi connectivity index (χ0) is 30.9. The molecular weight excluding hydrogens is 584 g/mol. The van der Waals surface area contributed by atoms with Crippen molar-refractivity contribution in [3.8, 4) is 0 Å². The molecule has 0 aliphatic heterocycles. The van der Waals surface area contributed by atoms with E-state index in [1.54, 1.807) is 0 Å². The minimum atomic E-state index is -4.03. The highest BCUT2D eigenvalue weighted by Crippen LogP contribution is 2.25. The summed E-state index contributed by atoms with van der Waals surface area (Å²) in [5.74, 6) is -2.66. The fourth-order valence-electron chi connectivity index (χ4n) is 5.92. The summed E-state index contributed by atoms with van der Waals surface area (Å²) >= 11 is 0. The number of carboxylic acids is 1. The maximum atomic E-state index is 13.5. The summed E-state index contributed by atoms with van der Waals surface area (Å²) in [7, 11) is -4.03. The number of nitrogens with zero attached hydrogens (tertiary/aromatic N) is 2.